The highest BCUT2D eigenvalue weighted by atomic mass is 19.1. The molecule has 1 aliphatic heterocycles. The third-order valence-corrected chi connectivity index (χ3v) is 4.82. The maximum atomic E-state index is 13.1. The summed E-state index contributed by atoms with van der Waals surface area (Å²) in [5.74, 6) is 0.119. The number of ether oxygens (including phenoxy) is 1. The number of benzene rings is 1. The summed E-state index contributed by atoms with van der Waals surface area (Å²) in [5, 5.41) is 8.03. The molecule has 1 saturated heterocycles. The zero-order valence-corrected chi connectivity index (χ0v) is 15.6. The van der Waals surface area contributed by atoms with Crippen molar-refractivity contribution in [3.05, 3.63) is 65.9 Å². The van der Waals surface area contributed by atoms with Crippen molar-refractivity contribution in [2.24, 2.45) is 0 Å². The zero-order valence-electron chi connectivity index (χ0n) is 15.6. The van der Waals surface area contributed by atoms with E-state index in [1.54, 1.807) is 35.4 Å². The van der Waals surface area contributed by atoms with E-state index in [1.165, 1.54) is 12.1 Å². The lowest BCUT2D eigenvalue weighted by Gasteiger charge is -2.32. The molecular weight excluding hydrogens is 359 g/mol. The predicted octanol–water partition coefficient (Wildman–Crippen LogP) is 3.60. The Hall–Kier alpha value is -3.22. The maximum Gasteiger partial charge on any atom is 0.270 e. The topological polar surface area (TPSA) is 71.1 Å². The number of rotatable bonds is 4. The van der Waals surface area contributed by atoms with Crippen LogP contribution in [-0.4, -0.2) is 45.2 Å². The van der Waals surface area contributed by atoms with Crippen molar-refractivity contribution in [2.75, 3.05) is 13.1 Å². The summed E-state index contributed by atoms with van der Waals surface area (Å²) in [5.41, 5.74) is 3.05. The molecule has 1 aliphatic rings. The fourth-order valence-corrected chi connectivity index (χ4v) is 3.34. The Labute approximate surface area is 162 Å². The van der Waals surface area contributed by atoms with Gasteiger partial charge in [-0.15, -0.1) is 5.10 Å². The second kappa shape index (κ2) is 7.80. The van der Waals surface area contributed by atoms with Gasteiger partial charge in [-0.3, -0.25) is 4.79 Å². The monoisotopic (exact) mass is 380 g/mol. The number of halogens is 1. The van der Waals surface area contributed by atoms with Crippen molar-refractivity contribution in [1.29, 1.82) is 0 Å². The van der Waals surface area contributed by atoms with Gasteiger partial charge in [0.1, 0.15) is 17.6 Å². The molecular formula is C21H21FN4O2. The van der Waals surface area contributed by atoms with Crippen molar-refractivity contribution in [1.82, 2.24) is 20.1 Å². The lowest BCUT2D eigenvalue weighted by atomic mass is 10.1. The van der Waals surface area contributed by atoms with Crippen LogP contribution in [0.3, 0.4) is 0 Å². The van der Waals surface area contributed by atoms with Crippen LogP contribution in [0, 0.1) is 12.7 Å². The number of H-pyrrole nitrogens is 1. The second-order valence-corrected chi connectivity index (χ2v) is 6.96. The van der Waals surface area contributed by atoms with E-state index in [4.69, 9.17) is 4.74 Å². The number of hydrogen-bond acceptors (Lipinski definition) is 4. The molecule has 3 heterocycles. The number of piperidine rings is 1. The Balaban J connectivity index is 1.43. The van der Waals surface area contributed by atoms with Crippen LogP contribution < -0.4 is 4.74 Å². The number of aromatic nitrogens is 3. The fourth-order valence-electron chi connectivity index (χ4n) is 3.34. The number of amides is 1. The first-order chi connectivity index (χ1) is 13.6. The summed E-state index contributed by atoms with van der Waals surface area (Å²) in [6, 6.07) is 11.6. The Kier molecular flexibility index (Phi) is 5.06. The van der Waals surface area contributed by atoms with Gasteiger partial charge in [0.2, 0.25) is 5.88 Å². The molecule has 1 fully saturated rings. The Bertz CT molecular complexity index is 953. The number of aromatic amines is 1. The summed E-state index contributed by atoms with van der Waals surface area (Å²) < 4.78 is 19.0. The number of hydrogen-bond donors (Lipinski definition) is 1. The van der Waals surface area contributed by atoms with Gasteiger partial charge in [-0.1, -0.05) is 12.1 Å². The molecule has 1 N–H and O–H groups in total. The molecule has 28 heavy (non-hydrogen) atoms. The first kappa shape index (κ1) is 18.2. The normalized spacial score (nSPS) is 16.8. The molecule has 0 aliphatic carbocycles. The smallest absolute Gasteiger partial charge is 0.270 e. The molecule has 1 aromatic carbocycles. The molecule has 1 unspecified atom stereocenters. The quantitative estimate of drug-likeness (QED) is 0.751. The van der Waals surface area contributed by atoms with Gasteiger partial charge < -0.3 is 14.6 Å². The number of likely N-dealkylation sites (tertiary alicyclic amines) is 1. The van der Waals surface area contributed by atoms with Gasteiger partial charge in [-0.05, 0) is 55.2 Å². The molecule has 144 valence electrons. The SMILES string of the molecule is Cc1ccc(OC2CCCN(C(=O)c3cc(-c4ccc(F)cc4)c[nH]3)C2)nn1. The lowest BCUT2D eigenvalue weighted by molar-refractivity contribution is 0.0521. The second-order valence-electron chi connectivity index (χ2n) is 6.96. The van der Waals surface area contributed by atoms with Gasteiger partial charge in [-0.25, -0.2) is 4.39 Å². The van der Waals surface area contributed by atoms with Gasteiger partial charge in [0.15, 0.2) is 0 Å². The summed E-state index contributed by atoms with van der Waals surface area (Å²) in [6.45, 7) is 3.05. The summed E-state index contributed by atoms with van der Waals surface area (Å²) in [7, 11) is 0. The third kappa shape index (κ3) is 4.03. The number of carbonyl (C=O) groups excluding carboxylic acids is 1. The van der Waals surface area contributed by atoms with Crippen LogP contribution in [0.1, 0.15) is 29.0 Å². The minimum Gasteiger partial charge on any atom is -0.471 e. The van der Waals surface area contributed by atoms with Gasteiger partial charge in [-0.2, -0.15) is 5.10 Å². The van der Waals surface area contributed by atoms with Gasteiger partial charge >= 0.3 is 0 Å². The van der Waals surface area contributed by atoms with Gasteiger partial charge in [0.05, 0.1) is 12.2 Å². The average molecular weight is 380 g/mol. The fraction of sp³-hybridized carbons (Fsp3) is 0.286. The Morgan fingerprint density at radius 2 is 2.00 bits per heavy atom. The molecule has 4 rings (SSSR count). The molecule has 7 heteroatoms. The Morgan fingerprint density at radius 3 is 2.75 bits per heavy atom. The highest BCUT2D eigenvalue weighted by molar-refractivity contribution is 5.94. The largest absolute Gasteiger partial charge is 0.471 e. The zero-order chi connectivity index (χ0) is 19.5. The minimum absolute atomic E-state index is 0.0725. The van der Waals surface area contributed by atoms with Crippen molar-refractivity contribution >= 4 is 5.91 Å². The predicted molar refractivity (Wildman–Crippen MR) is 103 cm³/mol. The van der Waals surface area contributed by atoms with Crippen molar-refractivity contribution < 1.29 is 13.9 Å². The third-order valence-electron chi connectivity index (χ3n) is 4.82. The first-order valence-corrected chi connectivity index (χ1v) is 9.29. The molecule has 1 atom stereocenters. The minimum atomic E-state index is -0.284. The molecule has 6 nitrogen and oxygen atoms in total. The van der Waals surface area contributed by atoms with Crippen molar-refractivity contribution in [3.63, 3.8) is 0 Å². The molecule has 1 amide bonds. The van der Waals surface area contributed by atoms with E-state index in [0.717, 1.165) is 29.7 Å². The van der Waals surface area contributed by atoms with Crippen LogP contribution in [0.5, 0.6) is 5.88 Å². The van der Waals surface area contributed by atoms with Gasteiger partial charge in [0, 0.05) is 18.8 Å². The van der Waals surface area contributed by atoms with E-state index in [-0.39, 0.29) is 17.8 Å². The molecule has 0 radical (unpaired) electrons. The highest BCUT2D eigenvalue weighted by Gasteiger charge is 2.27. The molecule has 3 aromatic rings. The van der Waals surface area contributed by atoms with E-state index >= 15 is 0 Å². The van der Waals surface area contributed by atoms with Crippen molar-refractivity contribution in [3.8, 4) is 17.0 Å². The molecule has 0 bridgehead atoms. The van der Waals surface area contributed by atoms with Crippen LogP contribution in [0.15, 0.2) is 48.7 Å². The van der Waals surface area contributed by atoms with E-state index < -0.39 is 0 Å². The summed E-state index contributed by atoms with van der Waals surface area (Å²) in [4.78, 5) is 17.7. The van der Waals surface area contributed by atoms with E-state index in [2.05, 4.69) is 15.2 Å². The van der Waals surface area contributed by atoms with E-state index in [0.29, 0.717) is 24.7 Å². The lowest BCUT2D eigenvalue weighted by Crippen LogP contribution is -2.44. The van der Waals surface area contributed by atoms with Crippen LogP contribution in [0.4, 0.5) is 4.39 Å². The first-order valence-electron chi connectivity index (χ1n) is 9.29. The van der Waals surface area contributed by atoms with Crippen LogP contribution in [0.2, 0.25) is 0 Å². The van der Waals surface area contributed by atoms with Gasteiger partial charge in [0.25, 0.3) is 5.91 Å². The number of nitrogens with zero attached hydrogens (tertiary/aromatic N) is 3. The van der Waals surface area contributed by atoms with Crippen LogP contribution >= 0.6 is 0 Å². The standard InChI is InChI=1S/C21H21FN4O2/c1-14-4-9-20(25-24-14)28-18-3-2-10-26(13-18)21(27)19-11-16(12-23-19)15-5-7-17(22)8-6-15/h4-9,11-12,18,23H,2-3,10,13H2,1H3. The summed E-state index contributed by atoms with van der Waals surface area (Å²) >= 11 is 0. The molecule has 0 spiro atoms. The number of carbonyl (C=O) groups is 1. The van der Waals surface area contributed by atoms with Crippen LogP contribution in [0.25, 0.3) is 11.1 Å². The van der Waals surface area contributed by atoms with Crippen molar-refractivity contribution in [2.45, 2.75) is 25.9 Å². The summed E-state index contributed by atoms with van der Waals surface area (Å²) in [6.07, 6.45) is 3.38. The Morgan fingerprint density at radius 1 is 1.18 bits per heavy atom. The molecule has 0 saturated carbocycles. The van der Waals surface area contributed by atoms with E-state index in [1.807, 2.05) is 13.0 Å². The number of nitrogens with one attached hydrogen (secondary N) is 1. The average Bonchev–Trinajstić information content (AvgIpc) is 3.20. The maximum absolute atomic E-state index is 13.1. The highest BCUT2D eigenvalue weighted by Crippen LogP contribution is 2.23. The number of aryl methyl sites for hydroxylation is 1. The van der Waals surface area contributed by atoms with Crippen LogP contribution in [-0.2, 0) is 0 Å². The van der Waals surface area contributed by atoms with E-state index in [9.17, 15) is 9.18 Å². The molecule has 2 aromatic heterocycles.